The Bertz CT molecular complexity index is 584. The lowest BCUT2D eigenvalue weighted by molar-refractivity contribution is -0.130. The molecule has 0 saturated carbocycles. The van der Waals surface area contributed by atoms with E-state index >= 15 is 0 Å². The average molecular weight is 271 g/mol. The Morgan fingerprint density at radius 3 is 2.90 bits per heavy atom. The van der Waals surface area contributed by atoms with Crippen molar-refractivity contribution in [2.24, 2.45) is 0 Å². The normalized spacial score (nSPS) is 15.1. The summed E-state index contributed by atoms with van der Waals surface area (Å²) in [4.78, 5) is 17.1. The number of H-pyrrole nitrogens is 1. The van der Waals surface area contributed by atoms with Gasteiger partial charge in [0.1, 0.15) is 0 Å². The van der Waals surface area contributed by atoms with Crippen molar-refractivity contribution in [3.63, 3.8) is 0 Å². The average Bonchev–Trinajstić information content (AvgIpc) is 3.13. The highest BCUT2D eigenvalue weighted by atomic mass is 16.2. The zero-order valence-electron chi connectivity index (χ0n) is 11.7. The smallest absolute Gasteiger partial charge is 0.223 e. The predicted octanol–water partition coefficient (Wildman–Crippen LogP) is 2.27. The number of para-hydroxylation sites is 1. The molecular formula is C16H21N3O. The number of nitrogens with one attached hydrogen (secondary N) is 2. The number of carbonyl (C=O) groups excluding carboxylic acids is 1. The van der Waals surface area contributed by atoms with Crippen molar-refractivity contribution < 1.29 is 4.79 Å². The zero-order valence-corrected chi connectivity index (χ0v) is 11.7. The molecule has 1 saturated heterocycles. The van der Waals surface area contributed by atoms with Gasteiger partial charge in [-0.2, -0.15) is 0 Å². The lowest BCUT2D eigenvalue weighted by atomic mass is 10.2. The molecule has 2 N–H and O–H groups in total. The molecule has 0 spiro atoms. The fraction of sp³-hybridized carbons (Fsp3) is 0.438. The van der Waals surface area contributed by atoms with E-state index in [9.17, 15) is 4.79 Å². The number of likely N-dealkylation sites (tertiary alicyclic amines) is 1. The molecule has 0 atom stereocenters. The third-order valence-electron chi connectivity index (χ3n) is 3.96. The van der Waals surface area contributed by atoms with Crippen LogP contribution in [0.1, 0.15) is 24.8 Å². The molecule has 0 unspecified atom stereocenters. The highest BCUT2D eigenvalue weighted by Crippen LogP contribution is 2.17. The molecule has 4 nitrogen and oxygen atoms in total. The van der Waals surface area contributed by atoms with Crippen LogP contribution in [0, 0.1) is 0 Å². The molecule has 4 heteroatoms. The lowest BCUT2D eigenvalue weighted by Crippen LogP contribution is -2.30. The minimum Gasteiger partial charge on any atom is -0.361 e. The van der Waals surface area contributed by atoms with Gasteiger partial charge >= 0.3 is 0 Å². The number of aromatic nitrogens is 1. The van der Waals surface area contributed by atoms with Crippen molar-refractivity contribution in [2.45, 2.75) is 25.8 Å². The summed E-state index contributed by atoms with van der Waals surface area (Å²) in [6.07, 6.45) is 4.96. The summed E-state index contributed by atoms with van der Waals surface area (Å²) in [5.41, 5.74) is 2.42. The zero-order chi connectivity index (χ0) is 13.8. The van der Waals surface area contributed by atoms with Gasteiger partial charge in [-0.3, -0.25) is 4.79 Å². The first-order valence-electron chi connectivity index (χ1n) is 7.38. The van der Waals surface area contributed by atoms with Crippen LogP contribution < -0.4 is 5.32 Å². The molecule has 106 valence electrons. The van der Waals surface area contributed by atoms with E-state index in [1.165, 1.54) is 10.9 Å². The maximum absolute atomic E-state index is 11.9. The summed E-state index contributed by atoms with van der Waals surface area (Å²) in [5.74, 6) is 0.286. The molecule has 0 bridgehead atoms. The van der Waals surface area contributed by atoms with Crippen molar-refractivity contribution in [3.8, 4) is 0 Å². The van der Waals surface area contributed by atoms with Gasteiger partial charge in [-0.15, -0.1) is 0 Å². The first kappa shape index (κ1) is 13.2. The molecule has 1 aliphatic rings. The predicted molar refractivity (Wildman–Crippen MR) is 80.4 cm³/mol. The van der Waals surface area contributed by atoms with Gasteiger partial charge in [0.15, 0.2) is 0 Å². The number of fused-ring (bicyclic) bond motifs is 1. The van der Waals surface area contributed by atoms with Gasteiger partial charge in [0.2, 0.25) is 5.91 Å². The molecule has 1 fully saturated rings. The van der Waals surface area contributed by atoms with Crippen LogP contribution in [0.2, 0.25) is 0 Å². The molecule has 0 radical (unpaired) electrons. The molecular weight excluding hydrogens is 250 g/mol. The van der Waals surface area contributed by atoms with Gasteiger partial charge in [-0.05, 0) is 24.5 Å². The van der Waals surface area contributed by atoms with E-state index in [2.05, 4.69) is 28.5 Å². The SMILES string of the molecule is O=C(CCNCc1c[nH]c2ccccc12)N1CCCC1. The molecule has 1 aliphatic heterocycles. The Labute approximate surface area is 119 Å². The number of nitrogens with zero attached hydrogens (tertiary/aromatic N) is 1. The summed E-state index contributed by atoms with van der Waals surface area (Å²) in [6.45, 7) is 3.44. The number of hydrogen-bond acceptors (Lipinski definition) is 2. The van der Waals surface area contributed by atoms with Crippen LogP contribution in [0.5, 0.6) is 0 Å². The Balaban J connectivity index is 1.47. The van der Waals surface area contributed by atoms with Gasteiger partial charge in [0.05, 0.1) is 0 Å². The monoisotopic (exact) mass is 271 g/mol. The minimum absolute atomic E-state index is 0.286. The number of amides is 1. The van der Waals surface area contributed by atoms with Gasteiger partial charge in [0.25, 0.3) is 0 Å². The second kappa shape index (κ2) is 6.09. The summed E-state index contributed by atoms with van der Waals surface area (Å²) in [6, 6.07) is 8.29. The molecule has 1 amide bonds. The largest absolute Gasteiger partial charge is 0.361 e. The fourth-order valence-corrected chi connectivity index (χ4v) is 2.82. The quantitative estimate of drug-likeness (QED) is 0.820. The van der Waals surface area contributed by atoms with Gasteiger partial charge < -0.3 is 15.2 Å². The van der Waals surface area contributed by atoms with E-state index in [1.54, 1.807) is 0 Å². The van der Waals surface area contributed by atoms with Crippen molar-refractivity contribution in [1.82, 2.24) is 15.2 Å². The maximum Gasteiger partial charge on any atom is 0.223 e. The molecule has 2 heterocycles. The minimum atomic E-state index is 0.286. The van der Waals surface area contributed by atoms with Crippen LogP contribution in [0.3, 0.4) is 0 Å². The standard InChI is InChI=1S/C16H21N3O/c20-16(19-9-3-4-10-19)7-8-17-11-13-12-18-15-6-2-1-5-14(13)15/h1-2,5-6,12,17-18H,3-4,7-11H2. The number of aromatic amines is 1. The van der Waals surface area contributed by atoms with E-state index in [1.807, 2.05) is 17.2 Å². The number of rotatable bonds is 5. The van der Waals surface area contributed by atoms with Crippen LogP contribution in [0.25, 0.3) is 10.9 Å². The highest BCUT2D eigenvalue weighted by Gasteiger charge is 2.16. The Morgan fingerprint density at radius 1 is 1.25 bits per heavy atom. The Hall–Kier alpha value is -1.81. The number of carbonyl (C=O) groups is 1. The fourth-order valence-electron chi connectivity index (χ4n) is 2.82. The third kappa shape index (κ3) is 2.85. The van der Waals surface area contributed by atoms with Crippen molar-refractivity contribution in [2.75, 3.05) is 19.6 Å². The number of benzene rings is 1. The molecule has 0 aliphatic carbocycles. The van der Waals surface area contributed by atoms with E-state index in [0.717, 1.165) is 44.5 Å². The van der Waals surface area contributed by atoms with Crippen LogP contribution in [0.15, 0.2) is 30.5 Å². The summed E-state index contributed by atoms with van der Waals surface area (Å²) in [5, 5.41) is 4.62. The topological polar surface area (TPSA) is 48.1 Å². The van der Waals surface area contributed by atoms with E-state index < -0.39 is 0 Å². The van der Waals surface area contributed by atoms with E-state index in [-0.39, 0.29) is 5.91 Å². The van der Waals surface area contributed by atoms with Crippen LogP contribution in [-0.2, 0) is 11.3 Å². The lowest BCUT2D eigenvalue weighted by Gasteiger charge is -2.15. The van der Waals surface area contributed by atoms with Gasteiger partial charge in [-0.1, -0.05) is 18.2 Å². The number of hydrogen-bond donors (Lipinski definition) is 2. The van der Waals surface area contributed by atoms with Crippen LogP contribution in [0.4, 0.5) is 0 Å². The highest BCUT2D eigenvalue weighted by molar-refractivity contribution is 5.83. The second-order valence-electron chi connectivity index (χ2n) is 5.37. The van der Waals surface area contributed by atoms with Crippen LogP contribution >= 0.6 is 0 Å². The van der Waals surface area contributed by atoms with E-state index in [0.29, 0.717) is 6.42 Å². The molecule has 2 aromatic rings. The molecule has 1 aromatic heterocycles. The first-order chi connectivity index (χ1) is 9.84. The van der Waals surface area contributed by atoms with Crippen molar-refractivity contribution in [3.05, 3.63) is 36.0 Å². The second-order valence-corrected chi connectivity index (χ2v) is 5.37. The van der Waals surface area contributed by atoms with E-state index in [4.69, 9.17) is 0 Å². The summed E-state index contributed by atoms with van der Waals surface area (Å²) < 4.78 is 0. The summed E-state index contributed by atoms with van der Waals surface area (Å²) in [7, 11) is 0. The first-order valence-corrected chi connectivity index (χ1v) is 7.38. The molecule has 3 rings (SSSR count). The van der Waals surface area contributed by atoms with Gasteiger partial charge in [-0.25, -0.2) is 0 Å². The maximum atomic E-state index is 11.9. The van der Waals surface area contributed by atoms with Crippen LogP contribution in [-0.4, -0.2) is 35.4 Å². The van der Waals surface area contributed by atoms with Crippen molar-refractivity contribution >= 4 is 16.8 Å². The van der Waals surface area contributed by atoms with Crippen molar-refractivity contribution in [1.29, 1.82) is 0 Å². The summed E-state index contributed by atoms with van der Waals surface area (Å²) >= 11 is 0. The Morgan fingerprint density at radius 2 is 2.05 bits per heavy atom. The third-order valence-corrected chi connectivity index (χ3v) is 3.96. The molecule has 20 heavy (non-hydrogen) atoms. The Kier molecular flexibility index (Phi) is 4.02. The molecule has 1 aromatic carbocycles. The van der Waals surface area contributed by atoms with Gasteiger partial charge in [0, 0.05) is 49.7 Å².